The van der Waals surface area contributed by atoms with E-state index in [-0.39, 0.29) is 0 Å². The number of thioether (sulfide) groups is 1. The van der Waals surface area contributed by atoms with Crippen molar-refractivity contribution in [2.45, 2.75) is 12.2 Å². The molecule has 1 aromatic heterocycles. The highest BCUT2D eigenvalue weighted by atomic mass is 32.2. The number of hydrogen-bond acceptors (Lipinski definition) is 4. The van der Waals surface area contributed by atoms with E-state index in [9.17, 15) is 0 Å². The Kier molecular flexibility index (Phi) is 4.20. The van der Waals surface area contributed by atoms with Crippen LogP contribution < -0.4 is 5.32 Å². The fourth-order valence-electron chi connectivity index (χ4n) is 1.70. The monoisotopic (exact) mass is 247 g/mol. The minimum atomic E-state index is 0.605. The van der Waals surface area contributed by atoms with Crippen molar-refractivity contribution in [1.29, 1.82) is 0 Å². The number of rotatable bonds is 3. The van der Waals surface area contributed by atoms with Gasteiger partial charge in [-0.1, -0.05) is 0 Å². The molecular weight excluding hydrogens is 230 g/mol. The predicted octanol–water partition coefficient (Wildman–Crippen LogP) is 2.22. The Hall–Kier alpha value is -1.29. The summed E-state index contributed by atoms with van der Waals surface area (Å²) in [5, 5.41) is 3.96. The van der Waals surface area contributed by atoms with Gasteiger partial charge in [-0.3, -0.25) is 9.98 Å². The van der Waals surface area contributed by atoms with Crippen molar-refractivity contribution in [3.63, 3.8) is 0 Å². The Bertz CT molecular complexity index is 426. The molecule has 17 heavy (non-hydrogen) atoms. The van der Waals surface area contributed by atoms with Crippen molar-refractivity contribution in [1.82, 2.24) is 10.3 Å². The Balaban J connectivity index is 2.08. The molecule has 1 unspecified atom stereocenters. The topological polar surface area (TPSA) is 37.3 Å². The Morgan fingerprint density at radius 1 is 1.47 bits per heavy atom. The second kappa shape index (κ2) is 5.87. The van der Waals surface area contributed by atoms with Crippen LogP contribution in [0.1, 0.15) is 12.5 Å². The molecule has 2 rings (SSSR count). The fourth-order valence-corrected chi connectivity index (χ4v) is 2.17. The van der Waals surface area contributed by atoms with Crippen molar-refractivity contribution < 1.29 is 0 Å². The van der Waals surface area contributed by atoms with E-state index >= 15 is 0 Å². The number of aliphatic imine (C=N–C) groups is 1. The Labute approximate surface area is 106 Å². The van der Waals surface area contributed by atoms with Crippen LogP contribution in [-0.4, -0.2) is 35.4 Å². The molecule has 1 aliphatic heterocycles. The molecule has 0 aromatic carbocycles. The van der Waals surface area contributed by atoms with Crippen LogP contribution in [0.15, 0.2) is 35.6 Å². The maximum atomic E-state index is 4.54. The van der Waals surface area contributed by atoms with Gasteiger partial charge in [-0.15, -0.1) is 0 Å². The minimum Gasteiger partial charge on any atom is -0.369 e. The summed E-state index contributed by atoms with van der Waals surface area (Å²) in [6, 6.07) is 4.03. The summed E-state index contributed by atoms with van der Waals surface area (Å²) in [7, 11) is 0. The van der Waals surface area contributed by atoms with E-state index in [0.717, 1.165) is 18.9 Å². The molecule has 3 nitrogen and oxygen atoms in total. The molecule has 2 heterocycles. The highest BCUT2D eigenvalue weighted by Crippen LogP contribution is 2.13. The molecule has 0 bridgehead atoms. The predicted molar refractivity (Wildman–Crippen MR) is 75.5 cm³/mol. The van der Waals surface area contributed by atoms with Crippen molar-refractivity contribution in [2.75, 3.05) is 19.3 Å². The highest BCUT2D eigenvalue weighted by Gasteiger charge is 2.12. The van der Waals surface area contributed by atoms with Gasteiger partial charge >= 0.3 is 0 Å². The first kappa shape index (κ1) is 12.2. The number of nitrogens with one attached hydrogen (secondary N) is 1. The fraction of sp³-hybridized carbons (Fsp3) is 0.385. The lowest BCUT2D eigenvalue weighted by atomic mass is 10.1. The van der Waals surface area contributed by atoms with Crippen LogP contribution in [0.3, 0.4) is 0 Å². The van der Waals surface area contributed by atoms with Gasteiger partial charge in [0.2, 0.25) is 0 Å². The van der Waals surface area contributed by atoms with Crippen LogP contribution in [0, 0.1) is 0 Å². The second-order valence-corrected chi connectivity index (χ2v) is 5.17. The van der Waals surface area contributed by atoms with Crippen LogP contribution in [0.25, 0.3) is 5.57 Å². The van der Waals surface area contributed by atoms with Crippen LogP contribution >= 0.6 is 11.8 Å². The van der Waals surface area contributed by atoms with Gasteiger partial charge in [-0.2, -0.15) is 11.8 Å². The van der Waals surface area contributed by atoms with Crippen molar-refractivity contribution in [3.8, 4) is 0 Å². The lowest BCUT2D eigenvalue weighted by Crippen LogP contribution is -2.36. The maximum Gasteiger partial charge on any atom is 0.121 e. The van der Waals surface area contributed by atoms with Crippen LogP contribution in [0.5, 0.6) is 0 Å². The molecule has 0 fully saturated rings. The van der Waals surface area contributed by atoms with Gasteiger partial charge in [0.15, 0.2) is 0 Å². The van der Waals surface area contributed by atoms with Gasteiger partial charge in [0.05, 0.1) is 6.54 Å². The van der Waals surface area contributed by atoms with Gasteiger partial charge in [0.25, 0.3) is 0 Å². The number of pyridine rings is 1. The summed E-state index contributed by atoms with van der Waals surface area (Å²) in [6.07, 6.45) is 7.86. The number of nitrogens with zero attached hydrogens (tertiary/aromatic N) is 2. The van der Waals surface area contributed by atoms with E-state index in [2.05, 4.69) is 34.5 Å². The molecule has 0 aliphatic carbocycles. The first-order valence-corrected chi connectivity index (χ1v) is 6.98. The van der Waals surface area contributed by atoms with Crippen LogP contribution in [0.4, 0.5) is 0 Å². The average Bonchev–Trinajstić information content (AvgIpc) is 2.40. The Morgan fingerprint density at radius 2 is 2.24 bits per heavy atom. The van der Waals surface area contributed by atoms with E-state index in [4.69, 9.17) is 0 Å². The zero-order valence-corrected chi connectivity index (χ0v) is 11.0. The smallest absolute Gasteiger partial charge is 0.121 e. The summed E-state index contributed by atoms with van der Waals surface area (Å²) < 4.78 is 0. The quantitative estimate of drug-likeness (QED) is 0.890. The summed E-state index contributed by atoms with van der Waals surface area (Å²) in [5.74, 6) is 0.990. The first-order chi connectivity index (χ1) is 8.29. The molecule has 1 aliphatic rings. The van der Waals surface area contributed by atoms with E-state index in [1.54, 1.807) is 0 Å². The SMILES string of the molecule is CSC1CN=C(/C=C(\C)c2ccncc2)NC1. The highest BCUT2D eigenvalue weighted by molar-refractivity contribution is 7.99. The summed E-state index contributed by atoms with van der Waals surface area (Å²) in [6.45, 7) is 4.00. The molecule has 0 saturated heterocycles. The molecule has 1 atom stereocenters. The van der Waals surface area contributed by atoms with Crippen LogP contribution in [0.2, 0.25) is 0 Å². The lowest BCUT2D eigenvalue weighted by molar-refractivity contribution is 0.762. The van der Waals surface area contributed by atoms with Gasteiger partial charge in [-0.05, 0) is 42.5 Å². The second-order valence-electron chi connectivity index (χ2n) is 4.03. The van der Waals surface area contributed by atoms with E-state index in [0.29, 0.717) is 5.25 Å². The van der Waals surface area contributed by atoms with Gasteiger partial charge in [-0.25, -0.2) is 0 Å². The Morgan fingerprint density at radius 3 is 2.82 bits per heavy atom. The number of hydrogen-bond donors (Lipinski definition) is 1. The molecule has 4 heteroatoms. The molecule has 0 saturated carbocycles. The van der Waals surface area contributed by atoms with Crippen LogP contribution in [-0.2, 0) is 0 Å². The normalized spacial score (nSPS) is 20.7. The third kappa shape index (κ3) is 3.33. The third-order valence-electron chi connectivity index (χ3n) is 2.80. The zero-order chi connectivity index (χ0) is 12.1. The summed E-state index contributed by atoms with van der Waals surface area (Å²) in [4.78, 5) is 8.56. The largest absolute Gasteiger partial charge is 0.369 e. The van der Waals surface area contributed by atoms with E-state index in [1.807, 2.05) is 36.3 Å². The zero-order valence-electron chi connectivity index (χ0n) is 10.2. The first-order valence-electron chi connectivity index (χ1n) is 5.69. The summed E-state index contributed by atoms with van der Waals surface area (Å²) in [5.41, 5.74) is 2.40. The lowest BCUT2D eigenvalue weighted by Gasteiger charge is -2.20. The van der Waals surface area contributed by atoms with E-state index in [1.165, 1.54) is 11.1 Å². The maximum absolute atomic E-state index is 4.54. The number of allylic oxidation sites excluding steroid dienone is 1. The number of aromatic nitrogens is 1. The molecule has 90 valence electrons. The number of amidine groups is 1. The molecular formula is C13H17N3S. The third-order valence-corrected chi connectivity index (χ3v) is 3.78. The van der Waals surface area contributed by atoms with Crippen molar-refractivity contribution in [3.05, 3.63) is 36.2 Å². The standard InChI is InChI=1S/C13H17N3S/c1-10(11-3-5-14-6-4-11)7-13-15-8-12(17-2)9-16-13/h3-7,12H,8-9H2,1-2H3,(H,15,16)/b10-7+. The molecule has 0 spiro atoms. The van der Waals surface area contributed by atoms with Gasteiger partial charge in [0, 0.05) is 24.2 Å². The average molecular weight is 247 g/mol. The molecule has 0 amide bonds. The van der Waals surface area contributed by atoms with Crippen molar-refractivity contribution >= 4 is 23.2 Å². The van der Waals surface area contributed by atoms with Gasteiger partial charge in [0.1, 0.15) is 5.84 Å². The van der Waals surface area contributed by atoms with Crippen molar-refractivity contribution in [2.24, 2.45) is 4.99 Å². The molecule has 1 N–H and O–H groups in total. The van der Waals surface area contributed by atoms with E-state index < -0.39 is 0 Å². The van der Waals surface area contributed by atoms with Gasteiger partial charge < -0.3 is 5.32 Å². The summed E-state index contributed by atoms with van der Waals surface area (Å²) >= 11 is 1.86. The minimum absolute atomic E-state index is 0.605. The molecule has 1 aromatic rings. The molecule has 0 radical (unpaired) electrons.